The van der Waals surface area contributed by atoms with Gasteiger partial charge in [-0.1, -0.05) is 30.3 Å². The van der Waals surface area contributed by atoms with E-state index >= 15 is 0 Å². The quantitative estimate of drug-likeness (QED) is 0.694. The summed E-state index contributed by atoms with van der Waals surface area (Å²) >= 11 is 0. The highest BCUT2D eigenvalue weighted by Crippen LogP contribution is 2.30. The Hall–Kier alpha value is -0.900. The summed E-state index contributed by atoms with van der Waals surface area (Å²) in [4.78, 5) is 0. The van der Waals surface area contributed by atoms with Crippen molar-refractivity contribution >= 4 is 0 Å². The minimum absolute atomic E-state index is 0.393. The van der Waals surface area contributed by atoms with Crippen LogP contribution in [0.25, 0.3) is 0 Å². The number of benzene rings is 1. The molecule has 0 aromatic heterocycles. The molecule has 3 atom stereocenters. The molecule has 1 aliphatic heterocycles. The Morgan fingerprint density at radius 2 is 1.93 bits per heavy atom. The van der Waals surface area contributed by atoms with Gasteiger partial charge in [-0.15, -0.1) is 0 Å². The Balaban J connectivity index is 2.15. The first kappa shape index (κ1) is 10.6. The van der Waals surface area contributed by atoms with Gasteiger partial charge in [-0.2, -0.15) is 0 Å². The molecule has 1 aliphatic rings. The highest BCUT2D eigenvalue weighted by atomic mass is 15.4. The summed E-state index contributed by atoms with van der Waals surface area (Å²) in [6.07, 6.45) is 1.06. The van der Waals surface area contributed by atoms with Crippen molar-refractivity contribution in [3.05, 3.63) is 35.9 Å². The maximum absolute atomic E-state index is 5.66. The van der Waals surface area contributed by atoms with Gasteiger partial charge in [-0.3, -0.25) is 5.43 Å². The zero-order valence-electron chi connectivity index (χ0n) is 9.11. The van der Waals surface area contributed by atoms with E-state index in [0.29, 0.717) is 18.0 Å². The van der Waals surface area contributed by atoms with E-state index in [1.165, 1.54) is 5.56 Å². The van der Waals surface area contributed by atoms with Gasteiger partial charge in [0.15, 0.2) is 0 Å². The van der Waals surface area contributed by atoms with Crippen LogP contribution in [0.15, 0.2) is 30.3 Å². The van der Waals surface area contributed by atoms with Gasteiger partial charge in [0.2, 0.25) is 0 Å². The maximum Gasteiger partial charge on any atom is 0.0506 e. The lowest BCUT2D eigenvalue weighted by Gasteiger charge is -2.20. The summed E-state index contributed by atoms with van der Waals surface area (Å²) in [7, 11) is 0. The molecule has 1 aromatic rings. The third kappa shape index (κ3) is 2.20. The van der Waals surface area contributed by atoms with Crippen molar-refractivity contribution in [3.8, 4) is 0 Å². The molecule has 15 heavy (non-hydrogen) atoms. The molecule has 0 spiro atoms. The van der Waals surface area contributed by atoms with Crippen LogP contribution in [0.3, 0.4) is 0 Å². The van der Waals surface area contributed by atoms with Gasteiger partial charge >= 0.3 is 0 Å². The fraction of sp³-hybridized carbons (Fsp3) is 0.500. The predicted molar refractivity (Wildman–Crippen MR) is 62.1 cm³/mol. The van der Waals surface area contributed by atoms with Gasteiger partial charge in [0, 0.05) is 6.04 Å². The number of hydrogen-bond donors (Lipinski definition) is 3. The van der Waals surface area contributed by atoms with Crippen molar-refractivity contribution in [2.75, 3.05) is 6.54 Å². The van der Waals surface area contributed by atoms with Crippen LogP contribution in [0, 0.1) is 5.92 Å². The summed E-state index contributed by atoms with van der Waals surface area (Å²) < 4.78 is 0. The van der Waals surface area contributed by atoms with Gasteiger partial charge < -0.3 is 5.73 Å². The summed E-state index contributed by atoms with van der Waals surface area (Å²) in [6, 6.07) is 11.4. The molecule has 82 valence electrons. The molecule has 3 nitrogen and oxygen atoms in total. The molecule has 1 aromatic carbocycles. The van der Waals surface area contributed by atoms with Crippen LogP contribution in [0.4, 0.5) is 0 Å². The standard InChI is InChI=1S/C12H19N3/c1-9-11(7-8-13)12(15-14-9)10-5-3-2-4-6-10/h2-6,9,11-12,14-15H,7-8,13H2,1H3. The number of nitrogens with one attached hydrogen (secondary N) is 2. The van der Waals surface area contributed by atoms with Gasteiger partial charge in [-0.05, 0) is 31.4 Å². The molecule has 0 bridgehead atoms. The highest BCUT2D eigenvalue weighted by Gasteiger charge is 2.32. The van der Waals surface area contributed by atoms with E-state index in [2.05, 4.69) is 42.0 Å². The fourth-order valence-corrected chi connectivity index (χ4v) is 2.32. The smallest absolute Gasteiger partial charge is 0.0506 e. The van der Waals surface area contributed by atoms with Crippen molar-refractivity contribution in [1.82, 2.24) is 10.9 Å². The number of nitrogens with two attached hydrogens (primary N) is 1. The Morgan fingerprint density at radius 3 is 2.60 bits per heavy atom. The van der Waals surface area contributed by atoms with Crippen LogP contribution in [-0.2, 0) is 0 Å². The molecule has 4 N–H and O–H groups in total. The zero-order valence-corrected chi connectivity index (χ0v) is 9.11. The second-order valence-electron chi connectivity index (χ2n) is 4.21. The molecule has 0 amide bonds. The first-order valence-electron chi connectivity index (χ1n) is 5.59. The minimum Gasteiger partial charge on any atom is -0.330 e. The van der Waals surface area contributed by atoms with Crippen LogP contribution in [-0.4, -0.2) is 12.6 Å². The second kappa shape index (κ2) is 4.75. The van der Waals surface area contributed by atoms with Crippen molar-refractivity contribution in [1.29, 1.82) is 0 Å². The number of hydrogen-bond acceptors (Lipinski definition) is 3. The van der Waals surface area contributed by atoms with Crippen LogP contribution in [0.2, 0.25) is 0 Å². The lowest BCUT2D eigenvalue weighted by atomic mass is 9.88. The molecular weight excluding hydrogens is 186 g/mol. The molecule has 3 heteroatoms. The summed E-state index contributed by atoms with van der Waals surface area (Å²) in [5.74, 6) is 0.581. The Kier molecular flexibility index (Phi) is 3.36. The molecule has 3 unspecified atom stereocenters. The monoisotopic (exact) mass is 205 g/mol. The lowest BCUT2D eigenvalue weighted by molar-refractivity contribution is 0.410. The Bertz CT molecular complexity index is 299. The first-order chi connectivity index (χ1) is 7.33. The average Bonchev–Trinajstić information content (AvgIpc) is 2.63. The lowest BCUT2D eigenvalue weighted by Crippen LogP contribution is -2.29. The van der Waals surface area contributed by atoms with E-state index < -0.39 is 0 Å². The van der Waals surface area contributed by atoms with Crippen molar-refractivity contribution in [2.45, 2.75) is 25.4 Å². The number of hydrazine groups is 1. The van der Waals surface area contributed by atoms with Crippen LogP contribution < -0.4 is 16.6 Å². The highest BCUT2D eigenvalue weighted by molar-refractivity contribution is 5.21. The Labute approximate surface area is 91.0 Å². The Morgan fingerprint density at radius 1 is 1.20 bits per heavy atom. The van der Waals surface area contributed by atoms with Crippen molar-refractivity contribution in [2.24, 2.45) is 11.7 Å². The number of rotatable bonds is 3. The van der Waals surface area contributed by atoms with Crippen molar-refractivity contribution in [3.63, 3.8) is 0 Å². The first-order valence-corrected chi connectivity index (χ1v) is 5.59. The molecule has 2 rings (SSSR count). The van der Waals surface area contributed by atoms with Gasteiger partial charge in [-0.25, -0.2) is 5.43 Å². The normalized spacial score (nSPS) is 30.7. The summed E-state index contributed by atoms with van der Waals surface area (Å²) in [6.45, 7) is 2.96. The van der Waals surface area contributed by atoms with Crippen LogP contribution in [0.5, 0.6) is 0 Å². The van der Waals surface area contributed by atoms with Gasteiger partial charge in [0.05, 0.1) is 6.04 Å². The third-order valence-electron chi connectivity index (χ3n) is 3.20. The zero-order chi connectivity index (χ0) is 10.7. The van der Waals surface area contributed by atoms with E-state index in [0.717, 1.165) is 13.0 Å². The molecule has 0 radical (unpaired) electrons. The average molecular weight is 205 g/mol. The summed E-state index contributed by atoms with van der Waals surface area (Å²) in [5.41, 5.74) is 13.6. The predicted octanol–water partition coefficient (Wildman–Crippen LogP) is 1.19. The summed E-state index contributed by atoms with van der Waals surface area (Å²) in [5, 5.41) is 0. The SMILES string of the molecule is CC1NNC(c2ccccc2)C1CCN. The second-order valence-corrected chi connectivity index (χ2v) is 4.21. The maximum atomic E-state index is 5.66. The van der Waals surface area contributed by atoms with E-state index in [9.17, 15) is 0 Å². The molecule has 0 aliphatic carbocycles. The minimum atomic E-state index is 0.393. The molecule has 1 heterocycles. The van der Waals surface area contributed by atoms with Gasteiger partial charge in [0.1, 0.15) is 0 Å². The topological polar surface area (TPSA) is 50.1 Å². The fourth-order valence-electron chi connectivity index (χ4n) is 2.32. The third-order valence-corrected chi connectivity index (χ3v) is 3.20. The van der Waals surface area contributed by atoms with E-state index in [1.807, 2.05) is 6.07 Å². The van der Waals surface area contributed by atoms with E-state index in [4.69, 9.17) is 5.73 Å². The molecule has 1 fully saturated rings. The van der Waals surface area contributed by atoms with Gasteiger partial charge in [0.25, 0.3) is 0 Å². The van der Waals surface area contributed by atoms with E-state index in [1.54, 1.807) is 0 Å². The molecule has 0 saturated carbocycles. The largest absolute Gasteiger partial charge is 0.330 e. The van der Waals surface area contributed by atoms with E-state index in [-0.39, 0.29) is 0 Å². The van der Waals surface area contributed by atoms with Crippen LogP contribution in [0.1, 0.15) is 24.9 Å². The molecule has 1 saturated heterocycles. The molecular formula is C12H19N3. The van der Waals surface area contributed by atoms with Crippen molar-refractivity contribution < 1.29 is 0 Å². The van der Waals surface area contributed by atoms with Crippen LogP contribution >= 0.6 is 0 Å².